The van der Waals surface area contributed by atoms with Crippen LogP contribution in [-0.4, -0.2) is 36.4 Å². The lowest BCUT2D eigenvalue weighted by Gasteiger charge is -2.15. The third kappa shape index (κ3) is 57.8. The van der Waals surface area contributed by atoms with E-state index < -0.39 is 6.10 Å². The van der Waals surface area contributed by atoms with E-state index in [0.717, 1.165) is 148 Å². The summed E-state index contributed by atoms with van der Waals surface area (Å²) in [5, 5.41) is 9.65. The fourth-order valence-corrected chi connectivity index (χ4v) is 7.28. The summed E-state index contributed by atoms with van der Waals surface area (Å²) in [7, 11) is 0. The van der Waals surface area contributed by atoms with E-state index in [4.69, 9.17) is 9.47 Å². The third-order valence-corrected chi connectivity index (χ3v) is 11.5. The van der Waals surface area contributed by atoms with Crippen LogP contribution in [0.4, 0.5) is 0 Å². The Hall–Kier alpha value is -4.74. The molecule has 5 heteroatoms. The lowest BCUT2D eigenvalue weighted by molar-refractivity contribution is -0.161. The summed E-state index contributed by atoms with van der Waals surface area (Å²) in [6.45, 7) is 3.88. The molecular weight excluding hydrogens is 885 g/mol. The van der Waals surface area contributed by atoms with Crippen LogP contribution in [0.2, 0.25) is 0 Å². The first kappa shape index (κ1) is 67.3. The van der Waals surface area contributed by atoms with Crippen LogP contribution in [0.3, 0.4) is 0 Å². The van der Waals surface area contributed by atoms with Gasteiger partial charge in [-0.05, 0) is 128 Å². The summed E-state index contributed by atoms with van der Waals surface area (Å²) >= 11 is 0. The largest absolute Gasteiger partial charge is 0.462 e. The normalized spacial score (nSPS) is 13.5. The maximum Gasteiger partial charge on any atom is 0.306 e. The molecule has 0 radical (unpaired) electrons. The summed E-state index contributed by atoms with van der Waals surface area (Å²) < 4.78 is 10.7. The molecule has 402 valence electrons. The van der Waals surface area contributed by atoms with Gasteiger partial charge in [0.2, 0.25) is 0 Å². The maximum absolute atomic E-state index is 12.3. The molecule has 0 aromatic carbocycles. The Bertz CT molecular complexity index is 1640. The molecule has 1 atom stereocenters. The van der Waals surface area contributed by atoms with Crippen LogP contribution in [0.1, 0.15) is 219 Å². The topological polar surface area (TPSA) is 72.8 Å². The molecule has 5 nitrogen and oxygen atoms in total. The molecule has 1 N–H and O–H groups in total. The third-order valence-electron chi connectivity index (χ3n) is 11.5. The minimum Gasteiger partial charge on any atom is -0.462 e. The number of hydrogen-bond donors (Lipinski definition) is 1. The zero-order valence-electron chi connectivity index (χ0n) is 45.9. The van der Waals surface area contributed by atoms with Gasteiger partial charge >= 0.3 is 11.9 Å². The van der Waals surface area contributed by atoms with Crippen molar-refractivity contribution in [3.8, 4) is 0 Å². The summed E-state index contributed by atoms with van der Waals surface area (Å²) in [5.74, 6) is -0.629. The quantitative estimate of drug-likeness (QED) is 0.0373. The summed E-state index contributed by atoms with van der Waals surface area (Å²) in [6, 6.07) is 0. The molecule has 72 heavy (non-hydrogen) atoms. The molecule has 0 aromatic rings. The number of carbonyl (C=O) groups excluding carboxylic acids is 2. The van der Waals surface area contributed by atoms with Crippen molar-refractivity contribution in [2.75, 3.05) is 13.2 Å². The standard InChI is InChI=1S/C67H104O5/c1-3-5-7-9-11-13-15-17-19-21-23-25-26-27-28-29-30-31-32-33-34-35-36-37-38-39-40-42-44-46-48-50-52-54-56-58-60-62-67(70)72-65(63-68)64-71-66(69)61-59-57-55-53-51-49-47-45-43-41-24-22-20-18-16-14-12-10-8-6-4-2/h5-8,11-14,17-20,23-25,27-28,30-31,33-34,36-37,39-41,44,46,65,68H,3-4,9-10,15-16,21-22,26,29,32,35,38,42-43,45,47-64H2,1-2H3/b7-5-,8-6-,13-11-,14-12-,19-17-,20-18-,25-23-,28-27-,31-30-,34-33-,37-36-,40-39-,41-24-,46-44-. The zero-order valence-corrected chi connectivity index (χ0v) is 45.9. The van der Waals surface area contributed by atoms with E-state index >= 15 is 0 Å². The first-order chi connectivity index (χ1) is 35.6. The van der Waals surface area contributed by atoms with Crippen LogP contribution in [0.5, 0.6) is 0 Å². The highest BCUT2D eigenvalue weighted by molar-refractivity contribution is 5.70. The van der Waals surface area contributed by atoms with E-state index in [1.54, 1.807) is 0 Å². The smallest absolute Gasteiger partial charge is 0.306 e. The van der Waals surface area contributed by atoms with Crippen molar-refractivity contribution >= 4 is 11.9 Å². The Labute approximate surface area is 443 Å². The predicted molar refractivity (Wildman–Crippen MR) is 315 cm³/mol. The molecule has 0 fully saturated rings. The average Bonchev–Trinajstić information content (AvgIpc) is 3.38. The van der Waals surface area contributed by atoms with Crippen molar-refractivity contribution in [1.82, 2.24) is 0 Å². The Balaban J connectivity index is 3.65. The lowest BCUT2D eigenvalue weighted by atomic mass is 10.1. The lowest BCUT2D eigenvalue weighted by Crippen LogP contribution is -2.28. The summed E-state index contributed by atoms with van der Waals surface area (Å²) in [5.41, 5.74) is 0. The molecule has 0 aromatic heterocycles. The van der Waals surface area contributed by atoms with E-state index in [1.807, 2.05) is 0 Å². The van der Waals surface area contributed by atoms with E-state index in [-0.39, 0.29) is 25.2 Å². The molecule has 1 unspecified atom stereocenters. The van der Waals surface area contributed by atoms with Gasteiger partial charge < -0.3 is 14.6 Å². The fourth-order valence-electron chi connectivity index (χ4n) is 7.28. The van der Waals surface area contributed by atoms with Gasteiger partial charge in [0.15, 0.2) is 6.10 Å². The highest BCUT2D eigenvalue weighted by Crippen LogP contribution is 2.13. The fraction of sp³-hybridized carbons (Fsp3) is 0.552. The van der Waals surface area contributed by atoms with Gasteiger partial charge in [0.1, 0.15) is 6.61 Å². The second kappa shape index (κ2) is 60.6. The van der Waals surface area contributed by atoms with E-state index in [1.165, 1.54) is 44.9 Å². The monoisotopic (exact) mass is 989 g/mol. The molecule has 0 amide bonds. The van der Waals surface area contributed by atoms with Crippen LogP contribution in [-0.2, 0) is 19.1 Å². The Morgan fingerprint density at radius 2 is 0.556 bits per heavy atom. The Kier molecular flexibility index (Phi) is 56.6. The first-order valence-corrected chi connectivity index (χ1v) is 28.7. The van der Waals surface area contributed by atoms with Crippen molar-refractivity contribution in [2.24, 2.45) is 0 Å². The molecule has 0 bridgehead atoms. The van der Waals surface area contributed by atoms with Gasteiger partial charge in [-0.25, -0.2) is 0 Å². The van der Waals surface area contributed by atoms with Crippen molar-refractivity contribution in [2.45, 2.75) is 225 Å². The number of esters is 2. The second-order valence-corrected chi connectivity index (χ2v) is 18.2. The Morgan fingerprint density at radius 3 is 0.833 bits per heavy atom. The van der Waals surface area contributed by atoms with Gasteiger partial charge in [-0.15, -0.1) is 0 Å². The highest BCUT2D eigenvalue weighted by Gasteiger charge is 2.16. The predicted octanol–water partition coefficient (Wildman–Crippen LogP) is 19.7. The van der Waals surface area contributed by atoms with Crippen molar-refractivity contribution in [3.05, 3.63) is 170 Å². The van der Waals surface area contributed by atoms with Crippen molar-refractivity contribution < 1.29 is 24.2 Å². The van der Waals surface area contributed by atoms with Gasteiger partial charge in [0.05, 0.1) is 6.61 Å². The van der Waals surface area contributed by atoms with Crippen LogP contribution in [0, 0.1) is 0 Å². The Morgan fingerprint density at radius 1 is 0.319 bits per heavy atom. The summed E-state index contributed by atoms with van der Waals surface area (Å²) in [6.07, 6.45) is 94.6. The van der Waals surface area contributed by atoms with Gasteiger partial charge in [0, 0.05) is 12.8 Å². The molecule has 0 spiro atoms. The van der Waals surface area contributed by atoms with E-state index in [0.29, 0.717) is 12.8 Å². The maximum atomic E-state index is 12.3. The molecule has 0 heterocycles. The van der Waals surface area contributed by atoms with Crippen molar-refractivity contribution in [3.63, 3.8) is 0 Å². The number of allylic oxidation sites excluding steroid dienone is 28. The van der Waals surface area contributed by atoms with Gasteiger partial charge in [-0.3, -0.25) is 9.59 Å². The molecule has 0 saturated carbocycles. The SMILES string of the molecule is CC/C=C\C/C=C\C/C=C\C/C=C\C/C=C\C/C=C\C/C=C\C/C=C\C/C=C\C/C=C\CCCCCCCCC(=O)OC(CO)COC(=O)CCCCCCCCCC/C=C\C/C=C\C/C=C\C/C=C\CC. The van der Waals surface area contributed by atoms with Gasteiger partial charge in [0.25, 0.3) is 0 Å². The molecule has 0 saturated heterocycles. The number of unbranched alkanes of at least 4 members (excludes halogenated alkanes) is 14. The molecule has 0 aliphatic rings. The van der Waals surface area contributed by atoms with Crippen LogP contribution < -0.4 is 0 Å². The molecule has 0 aliphatic carbocycles. The first-order valence-electron chi connectivity index (χ1n) is 28.7. The van der Waals surface area contributed by atoms with E-state index in [9.17, 15) is 14.7 Å². The highest BCUT2D eigenvalue weighted by atomic mass is 16.6. The number of carbonyl (C=O) groups is 2. The molecular formula is C67H104O5. The van der Waals surface area contributed by atoms with Crippen LogP contribution in [0.15, 0.2) is 170 Å². The average molecular weight is 990 g/mol. The number of rotatable bonds is 50. The number of aliphatic hydroxyl groups excluding tert-OH is 1. The second-order valence-electron chi connectivity index (χ2n) is 18.2. The minimum atomic E-state index is -0.798. The van der Waals surface area contributed by atoms with Gasteiger partial charge in [-0.1, -0.05) is 248 Å². The number of hydrogen-bond acceptors (Lipinski definition) is 5. The van der Waals surface area contributed by atoms with Crippen molar-refractivity contribution in [1.29, 1.82) is 0 Å². The minimum absolute atomic E-state index is 0.0875. The molecule has 0 aliphatic heterocycles. The van der Waals surface area contributed by atoms with Gasteiger partial charge in [-0.2, -0.15) is 0 Å². The van der Waals surface area contributed by atoms with Crippen LogP contribution in [0.25, 0.3) is 0 Å². The summed E-state index contributed by atoms with van der Waals surface area (Å²) in [4.78, 5) is 24.5. The number of ether oxygens (including phenoxy) is 2. The zero-order chi connectivity index (χ0) is 52.0. The van der Waals surface area contributed by atoms with Crippen LogP contribution >= 0.6 is 0 Å². The number of aliphatic hydroxyl groups is 1. The van der Waals surface area contributed by atoms with E-state index in [2.05, 4.69) is 184 Å². The molecule has 0 rings (SSSR count).